The van der Waals surface area contributed by atoms with E-state index in [9.17, 15) is 0 Å². The molecule has 4 heteroatoms. The summed E-state index contributed by atoms with van der Waals surface area (Å²) in [4.78, 5) is 5.74. The number of thioether (sulfide) groups is 1. The minimum absolute atomic E-state index is 0.0323. The molecule has 1 saturated heterocycles. The molecular formula is C10H16N2S2. The Hall–Kier alpha value is -0.0600. The van der Waals surface area contributed by atoms with Crippen molar-refractivity contribution in [1.29, 1.82) is 0 Å². The smallest absolute Gasteiger partial charge is 0.112 e. The molecule has 1 N–H and O–H groups in total. The maximum Gasteiger partial charge on any atom is 0.112 e. The Morgan fingerprint density at radius 3 is 2.64 bits per heavy atom. The van der Waals surface area contributed by atoms with Gasteiger partial charge in [0, 0.05) is 28.6 Å². The van der Waals surface area contributed by atoms with Gasteiger partial charge in [-0.15, -0.1) is 11.3 Å². The van der Waals surface area contributed by atoms with Crippen molar-refractivity contribution in [2.45, 2.75) is 32.4 Å². The van der Waals surface area contributed by atoms with Gasteiger partial charge in [-0.3, -0.25) is 0 Å². The standard InChI is InChI=1S/C10H16N2S2/c1-7-4-11-9(14-7)10(2,3)12-8-5-13-6-8/h4,8,12H,5-6H2,1-3H3. The van der Waals surface area contributed by atoms with Crippen LogP contribution in [0.2, 0.25) is 0 Å². The highest BCUT2D eigenvalue weighted by Gasteiger charge is 2.29. The number of aromatic nitrogens is 1. The van der Waals surface area contributed by atoms with Crippen molar-refractivity contribution in [1.82, 2.24) is 10.3 Å². The second-order valence-corrected chi connectivity index (χ2v) is 6.59. The SMILES string of the molecule is Cc1cnc(C(C)(C)NC2CSC2)s1. The summed E-state index contributed by atoms with van der Waals surface area (Å²) in [5.41, 5.74) is 0.0323. The van der Waals surface area contributed by atoms with E-state index in [4.69, 9.17) is 0 Å². The average molecular weight is 228 g/mol. The molecule has 0 unspecified atom stereocenters. The summed E-state index contributed by atoms with van der Waals surface area (Å²) in [7, 11) is 0. The van der Waals surface area contributed by atoms with Crippen LogP contribution in [0.1, 0.15) is 23.7 Å². The zero-order valence-electron chi connectivity index (χ0n) is 8.83. The summed E-state index contributed by atoms with van der Waals surface area (Å²) in [6, 6.07) is 0.680. The third-order valence-electron chi connectivity index (χ3n) is 2.36. The quantitative estimate of drug-likeness (QED) is 0.860. The molecule has 1 aliphatic heterocycles. The van der Waals surface area contributed by atoms with Crippen molar-refractivity contribution in [3.8, 4) is 0 Å². The Balaban J connectivity index is 2.06. The minimum Gasteiger partial charge on any atom is -0.301 e. The molecule has 1 fully saturated rings. The van der Waals surface area contributed by atoms with Gasteiger partial charge in [-0.2, -0.15) is 11.8 Å². The van der Waals surface area contributed by atoms with E-state index < -0.39 is 0 Å². The topological polar surface area (TPSA) is 24.9 Å². The van der Waals surface area contributed by atoms with Crippen LogP contribution in [0.3, 0.4) is 0 Å². The predicted octanol–water partition coefficient (Wildman–Crippen LogP) is 2.39. The van der Waals surface area contributed by atoms with Gasteiger partial charge in [0.15, 0.2) is 0 Å². The Bertz CT molecular complexity index is 316. The highest BCUT2D eigenvalue weighted by molar-refractivity contribution is 8.00. The van der Waals surface area contributed by atoms with E-state index in [1.807, 2.05) is 18.0 Å². The molecule has 0 atom stereocenters. The van der Waals surface area contributed by atoms with Crippen LogP contribution in [0.15, 0.2) is 6.20 Å². The van der Waals surface area contributed by atoms with Gasteiger partial charge in [0.05, 0.1) is 5.54 Å². The zero-order valence-corrected chi connectivity index (χ0v) is 10.5. The lowest BCUT2D eigenvalue weighted by atomic mass is 10.1. The van der Waals surface area contributed by atoms with Gasteiger partial charge in [0.25, 0.3) is 0 Å². The second-order valence-electron chi connectivity index (χ2n) is 4.28. The van der Waals surface area contributed by atoms with E-state index in [0.29, 0.717) is 6.04 Å². The van der Waals surface area contributed by atoms with Crippen LogP contribution in [0.4, 0.5) is 0 Å². The van der Waals surface area contributed by atoms with Crippen molar-refractivity contribution < 1.29 is 0 Å². The third kappa shape index (κ3) is 2.12. The Kier molecular flexibility index (Phi) is 2.86. The molecule has 0 aromatic carbocycles. The number of nitrogens with one attached hydrogen (secondary N) is 1. The maximum absolute atomic E-state index is 4.45. The van der Waals surface area contributed by atoms with Crippen LogP contribution in [0.5, 0.6) is 0 Å². The molecule has 1 aromatic rings. The molecule has 0 radical (unpaired) electrons. The van der Waals surface area contributed by atoms with Crippen molar-refractivity contribution in [3.63, 3.8) is 0 Å². The number of nitrogens with zero attached hydrogens (tertiary/aromatic N) is 1. The van der Waals surface area contributed by atoms with Crippen molar-refractivity contribution >= 4 is 23.1 Å². The van der Waals surface area contributed by atoms with Gasteiger partial charge in [-0.1, -0.05) is 0 Å². The summed E-state index contributed by atoms with van der Waals surface area (Å²) >= 11 is 3.80. The molecule has 0 saturated carbocycles. The maximum atomic E-state index is 4.45. The Morgan fingerprint density at radius 1 is 1.50 bits per heavy atom. The number of hydrogen-bond donors (Lipinski definition) is 1. The molecule has 0 bridgehead atoms. The first-order chi connectivity index (χ1) is 6.58. The number of hydrogen-bond acceptors (Lipinski definition) is 4. The van der Waals surface area contributed by atoms with Gasteiger partial charge in [-0.25, -0.2) is 4.98 Å². The van der Waals surface area contributed by atoms with E-state index in [1.165, 1.54) is 21.4 Å². The molecule has 2 rings (SSSR count). The minimum atomic E-state index is 0.0323. The van der Waals surface area contributed by atoms with E-state index in [-0.39, 0.29) is 5.54 Å². The molecule has 78 valence electrons. The molecule has 0 spiro atoms. The van der Waals surface area contributed by atoms with Gasteiger partial charge >= 0.3 is 0 Å². The van der Waals surface area contributed by atoms with Crippen molar-refractivity contribution in [3.05, 3.63) is 16.1 Å². The fourth-order valence-electron chi connectivity index (χ4n) is 1.53. The molecule has 0 amide bonds. The lowest BCUT2D eigenvalue weighted by molar-refractivity contribution is 0.363. The lowest BCUT2D eigenvalue weighted by Gasteiger charge is -2.34. The Labute approximate surface area is 93.5 Å². The highest BCUT2D eigenvalue weighted by atomic mass is 32.2. The van der Waals surface area contributed by atoms with E-state index in [0.717, 1.165) is 0 Å². The first-order valence-electron chi connectivity index (χ1n) is 4.86. The molecule has 2 heterocycles. The first-order valence-corrected chi connectivity index (χ1v) is 6.83. The fourth-order valence-corrected chi connectivity index (χ4v) is 3.00. The third-order valence-corrected chi connectivity index (χ3v) is 4.87. The van der Waals surface area contributed by atoms with Crippen molar-refractivity contribution in [2.24, 2.45) is 0 Å². The molecule has 1 aliphatic rings. The summed E-state index contributed by atoms with van der Waals surface area (Å²) < 4.78 is 0. The number of thiazole rings is 1. The Morgan fingerprint density at radius 2 is 2.21 bits per heavy atom. The fraction of sp³-hybridized carbons (Fsp3) is 0.700. The van der Waals surface area contributed by atoms with Crippen molar-refractivity contribution in [2.75, 3.05) is 11.5 Å². The monoisotopic (exact) mass is 228 g/mol. The zero-order chi connectivity index (χ0) is 10.2. The van der Waals surface area contributed by atoms with E-state index >= 15 is 0 Å². The van der Waals surface area contributed by atoms with Crippen LogP contribution in [0.25, 0.3) is 0 Å². The summed E-state index contributed by atoms with van der Waals surface area (Å²) in [6.45, 7) is 6.54. The van der Waals surface area contributed by atoms with Gasteiger partial charge in [-0.05, 0) is 20.8 Å². The highest BCUT2D eigenvalue weighted by Crippen LogP contribution is 2.28. The predicted molar refractivity (Wildman–Crippen MR) is 64.1 cm³/mol. The molecule has 2 nitrogen and oxygen atoms in total. The second kappa shape index (κ2) is 3.83. The van der Waals surface area contributed by atoms with Crippen LogP contribution in [-0.2, 0) is 5.54 Å². The molecule has 1 aromatic heterocycles. The molecule has 0 aliphatic carbocycles. The van der Waals surface area contributed by atoms with Gasteiger partial charge < -0.3 is 5.32 Å². The van der Waals surface area contributed by atoms with Crippen LogP contribution < -0.4 is 5.32 Å². The average Bonchev–Trinajstić information content (AvgIpc) is 2.45. The number of rotatable bonds is 3. The largest absolute Gasteiger partial charge is 0.301 e. The van der Waals surface area contributed by atoms with Gasteiger partial charge in [0.2, 0.25) is 0 Å². The summed E-state index contributed by atoms with van der Waals surface area (Å²) in [5, 5.41) is 4.85. The van der Waals surface area contributed by atoms with Gasteiger partial charge in [0.1, 0.15) is 5.01 Å². The summed E-state index contributed by atoms with van der Waals surface area (Å²) in [5.74, 6) is 2.49. The number of aryl methyl sites for hydroxylation is 1. The lowest BCUT2D eigenvalue weighted by Crippen LogP contribution is -2.49. The van der Waals surface area contributed by atoms with E-state index in [2.05, 4.69) is 31.1 Å². The summed E-state index contributed by atoms with van der Waals surface area (Å²) in [6.07, 6.45) is 1.96. The normalized spacial score (nSPS) is 18.2. The first kappa shape index (κ1) is 10.5. The van der Waals surface area contributed by atoms with E-state index in [1.54, 1.807) is 11.3 Å². The molecule has 14 heavy (non-hydrogen) atoms. The van der Waals surface area contributed by atoms with Crippen LogP contribution >= 0.6 is 23.1 Å². The van der Waals surface area contributed by atoms with Crippen LogP contribution in [-0.4, -0.2) is 22.5 Å². The van der Waals surface area contributed by atoms with Crippen LogP contribution in [0, 0.1) is 6.92 Å². The molecular weight excluding hydrogens is 212 g/mol.